The van der Waals surface area contributed by atoms with Crippen LogP contribution in [0.4, 0.5) is 0 Å². The van der Waals surface area contributed by atoms with Crippen LogP contribution >= 0.6 is 0 Å². The van der Waals surface area contributed by atoms with E-state index in [0.29, 0.717) is 5.92 Å². The summed E-state index contributed by atoms with van der Waals surface area (Å²) in [4.78, 5) is 0. The fourth-order valence-electron chi connectivity index (χ4n) is 4.86. The van der Waals surface area contributed by atoms with Crippen molar-refractivity contribution in [2.45, 2.75) is 53.9 Å². The number of hydrogen-bond donors (Lipinski definition) is 0. The molecule has 0 saturated heterocycles. The van der Waals surface area contributed by atoms with Crippen molar-refractivity contribution in [2.24, 2.45) is 12.5 Å². The van der Waals surface area contributed by atoms with Gasteiger partial charge in [-0.2, -0.15) is 0 Å². The predicted molar refractivity (Wildman–Crippen MR) is 138 cm³/mol. The summed E-state index contributed by atoms with van der Waals surface area (Å²) in [6, 6.07) is 24.8. The van der Waals surface area contributed by atoms with Crippen molar-refractivity contribution in [1.29, 1.82) is 0 Å². The Hall–Kier alpha value is -2.93. The van der Waals surface area contributed by atoms with Crippen molar-refractivity contribution >= 4 is 10.8 Å². The largest absolute Gasteiger partial charge is 0.220 e. The van der Waals surface area contributed by atoms with E-state index in [1.54, 1.807) is 0 Å². The third-order valence-electron chi connectivity index (χ3n) is 6.37. The van der Waals surface area contributed by atoms with Gasteiger partial charge < -0.3 is 0 Å². The molecule has 0 amide bonds. The molecule has 164 valence electrons. The van der Waals surface area contributed by atoms with Crippen LogP contribution in [0.1, 0.15) is 57.2 Å². The van der Waals surface area contributed by atoms with Gasteiger partial charge in [0.25, 0.3) is 0 Å². The maximum atomic E-state index is 2.38. The fraction of sp³-hybridized carbons (Fsp3) is 0.323. The van der Waals surface area contributed by atoms with Gasteiger partial charge in [-0.1, -0.05) is 83.1 Å². The maximum Gasteiger partial charge on any atom is 0.220 e. The summed E-state index contributed by atoms with van der Waals surface area (Å²) in [6.07, 6.45) is 3.29. The van der Waals surface area contributed by atoms with Crippen molar-refractivity contribution in [3.05, 3.63) is 89.6 Å². The zero-order chi connectivity index (χ0) is 23.0. The summed E-state index contributed by atoms with van der Waals surface area (Å²) in [7, 11) is 2.17. The molecule has 0 atom stereocenters. The Bertz CT molecular complexity index is 1260. The van der Waals surface area contributed by atoms with Gasteiger partial charge in [0.15, 0.2) is 6.20 Å². The first-order chi connectivity index (χ1) is 15.1. The van der Waals surface area contributed by atoms with Crippen LogP contribution in [-0.4, -0.2) is 0 Å². The van der Waals surface area contributed by atoms with E-state index in [1.165, 1.54) is 49.8 Å². The quantitative estimate of drug-likeness (QED) is 0.293. The first-order valence-electron chi connectivity index (χ1n) is 11.8. The molecule has 4 aromatic rings. The van der Waals surface area contributed by atoms with Crippen LogP contribution in [0.2, 0.25) is 0 Å². The van der Waals surface area contributed by atoms with Gasteiger partial charge in [-0.3, -0.25) is 0 Å². The third kappa shape index (κ3) is 4.48. The Morgan fingerprint density at radius 2 is 1.56 bits per heavy atom. The van der Waals surface area contributed by atoms with Crippen molar-refractivity contribution in [3.8, 4) is 22.4 Å². The average Bonchev–Trinajstić information content (AvgIpc) is 2.73. The maximum absolute atomic E-state index is 2.38. The Morgan fingerprint density at radius 1 is 0.844 bits per heavy atom. The molecular weight excluding hydrogens is 386 g/mol. The number of fused-ring (bicyclic) bond motifs is 1. The monoisotopic (exact) mass is 422 g/mol. The molecule has 0 aliphatic heterocycles. The standard InChI is InChI=1S/C31H36N/c1-21(2)28-18-26(24-11-9-8-10-12-24)19-29(22(28)3)30-27-14-13-23(20-31(4,5)6)17-25(27)15-16-32(30)7/h8-19,21H,20H2,1-7H3/q+1. The fourth-order valence-corrected chi connectivity index (χ4v) is 4.86. The zero-order valence-corrected chi connectivity index (χ0v) is 20.7. The highest BCUT2D eigenvalue weighted by atomic mass is 14.9. The Morgan fingerprint density at radius 3 is 2.22 bits per heavy atom. The van der Waals surface area contributed by atoms with E-state index in [-0.39, 0.29) is 5.41 Å². The minimum atomic E-state index is 0.280. The lowest BCUT2D eigenvalue weighted by Gasteiger charge is -2.19. The van der Waals surface area contributed by atoms with Crippen molar-refractivity contribution < 1.29 is 4.57 Å². The lowest BCUT2D eigenvalue weighted by atomic mass is 9.86. The Labute approximate surface area is 193 Å². The zero-order valence-electron chi connectivity index (χ0n) is 20.7. The van der Waals surface area contributed by atoms with Crippen LogP contribution in [0.25, 0.3) is 33.2 Å². The van der Waals surface area contributed by atoms with E-state index < -0.39 is 0 Å². The SMILES string of the molecule is Cc1c(-c2c3ccc(CC(C)(C)C)cc3cc[n+]2C)cc(-c2ccccc2)cc1C(C)C. The number of nitrogens with zero attached hydrogens (tertiary/aromatic N) is 1. The van der Waals surface area contributed by atoms with Crippen LogP contribution in [0, 0.1) is 12.3 Å². The molecule has 0 N–H and O–H groups in total. The topological polar surface area (TPSA) is 3.88 Å². The van der Waals surface area contributed by atoms with Crippen LogP contribution in [-0.2, 0) is 13.5 Å². The van der Waals surface area contributed by atoms with E-state index in [0.717, 1.165) is 6.42 Å². The smallest absolute Gasteiger partial charge is 0.200 e. The number of pyridine rings is 1. The molecule has 3 aromatic carbocycles. The van der Waals surface area contributed by atoms with Crippen molar-refractivity contribution in [2.75, 3.05) is 0 Å². The van der Waals surface area contributed by atoms with Gasteiger partial charge in [0.1, 0.15) is 7.05 Å². The number of aromatic nitrogens is 1. The highest BCUT2D eigenvalue weighted by molar-refractivity contribution is 5.95. The molecule has 0 bridgehead atoms. The van der Waals surface area contributed by atoms with Gasteiger partial charge in [-0.15, -0.1) is 0 Å². The van der Waals surface area contributed by atoms with Gasteiger partial charge >= 0.3 is 0 Å². The molecule has 0 saturated carbocycles. The summed E-state index contributed by atoms with van der Waals surface area (Å²) < 4.78 is 2.28. The van der Waals surface area contributed by atoms with E-state index in [9.17, 15) is 0 Å². The molecule has 1 aromatic heterocycles. The first kappa shape index (κ1) is 22.3. The van der Waals surface area contributed by atoms with Crippen molar-refractivity contribution in [3.63, 3.8) is 0 Å². The number of rotatable bonds is 4. The molecule has 1 nitrogen and oxygen atoms in total. The second-order valence-electron chi connectivity index (χ2n) is 10.7. The lowest BCUT2D eigenvalue weighted by molar-refractivity contribution is -0.659. The normalized spacial score (nSPS) is 12.0. The molecule has 1 heteroatoms. The van der Waals surface area contributed by atoms with Crippen LogP contribution in [0.3, 0.4) is 0 Å². The van der Waals surface area contributed by atoms with Crippen LogP contribution < -0.4 is 4.57 Å². The summed E-state index contributed by atoms with van der Waals surface area (Å²) in [5.74, 6) is 0.469. The Balaban J connectivity index is 1.97. The minimum Gasteiger partial charge on any atom is -0.200 e. The third-order valence-corrected chi connectivity index (χ3v) is 6.37. The molecule has 0 aliphatic rings. The van der Waals surface area contributed by atoms with Gasteiger partial charge in [0.05, 0.1) is 10.9 Å². The van der Waals surface area contributed by atoms with E-state index >= 15 is 0 Å². The van der Waals surface area contributed by atoms with Crippen LogP contribution in [0.15, 0.2) is 72.9 Å². The molecule has 4 rings (SSSR count). The minimum absolute atomic E-state index is 0.280. The molecule has 0 radical (unpaired) electrons. The molecule has 0 spiro atoms. The highest BCUT2D eigenvalue weighted by Crippen LogP contribution is 2.36. The van der Waals surface area contributed by atoms with E-state index in [1.807, 2.05) is 0 Å². The number of aryl methyl sites for hydroxylation is 1. The summed E-state index contributed by atoms with van der Waals surface area (Å²) in [5, 5.41) is 2.63. The number of hydrogen-bond acceptors (Lipinski definition) is 0. The number of benzene rings is 3. The Kier molecular flexibility index (Phi) is 5.95. The lowest BCUT2D eigenvalue weighted by Crippen LogP contribution is -2.31. The van der Waals surface area contributed by atoms with Gasteiger partial charge in [-0.05, 0) is 70.0 Å². The van der Waals surface area contributed by atoms with Crippen LogP contribution in [0.5, 0.6) is 0 Å². The highest BCUT2D eigenvalue weighted by Gasteiger charge is 2.22. The molecule has 1 heterocycles. The molecular formula is C31H36N+. The summed E-state index contributed by atoms with van der Waals surface area (Å²) >= 11 is 0. The van der Waals surface area contributed by atoms with E-state index in [4.69, 9.17) is 0 Å². The summed E-state index contributed by atoms with van der Waals surface area (Å²) in [6.45, 7) is 13.8. The second kappa shape index (κ2) is 8.54. The van der Waals surface area contributed by atoms with Gasteiger partial charge in [0.2, 0.25) is 5.69 Å². The van der Waals surface area contributed by atoms with Gasteiger partial charge in [0, 0.05) is 6.07 Å². The molecule has 0 aliphatic carbocycles. The summed E-state index contributed by atoms with van der Waals surface area (Å²) in [5.41, 5.74) is 9.66. The second-order valence-corrected chi connectivity index (χ2v) is 10.7. The first-order valence-corrected chi connectivity index (χ1v) is 11.8. The molecule has 0 unspecified atom stereocenters. The predicted octanol–water partition coefficient (Wildman–Crippen LogP) is 8.02. The average molecular weight is 423 g/mol. The van der Waals surface area contributed by atoms with E-state index in [2.05, 4.69) is 126 Å². The molecule has 0 fully saturated rings. The van der Waals surface area contributed by atoms with Gasteiger partial charge in [-0.25, -0.2) is 4.57 Å². The molecule has 32 heavy (non-hydrogen) atoms. The van der Waals surface area contributed by atoms with Crippen molar-refractivity contribution in [1.82, 2.24) is 0 Å².